The molecule has 0 amide bonds. The lowest BCUT2D eigenvalue weighted by molar-refractivity contribution is 0.0940. The Bertz CT molecular complexity index is 1260. The molecule has 6 rings (SSSR count). The smallest absolute Gasteiger partial charge is 0.223 e. The topological polar surface area (TPSA) is 84.6 Å². The maximum Gasteiger partial charge on any atom is 0.223 e. The fraction of sp³-hybridized carbons (Fsp3) is 0.533. The monoisotopic (exact) mass is 515 g/mol. The van der Waals surface area contributed by atoms with Crippen LogP contribution in [0.2, 0.25) is 0 Å². The summed E-state index contributed by atoms with van der Waals surface area (Å²) in [6, 6.07) is 9.61. The van der Waals surface area contributed by atoms with Gasteiger partial charge in [0.2, 0.25) is 11.7 Å². The van der Waals surface area contributed by atoms with Gasteiger partial charge in [0.05, 0.1) is 6.61 Å². The number of anilines is 1. The first-order chi connectivity index (χ1) is 18.6. The second kappa shape index (κ2) is 11.2. The number of carbonyl (C=O) groups excluding carboxylic acids is 1. The molecule has 38 heavy (non-hydrogen) atoms. The van der Waals surface area contributed by atoms with E-state index in [0.717, 1.165) is 80.7 Å². The number of hydrogen-bond acceptors (Lipinski definition) is 8. The molecule has 0 spiro atoms. The van der Waals surface area contributed by atoms with Gasteiger partial charge >= 0.3 is 0 Å². The molecule has 1 saturated carbocycles. The number of ketones is 1. The van der Waals surface area contributed by atoms with Gasteiger partial charge in [-0.25, -0.2) is 4.98 Å². The Hall–Kier alpha value is -3.26. The lowest BCUT2D eigenvalue weighted by Gasteiger charge is -2.37. The Labute approximate surface area is 224 Å². The molecule has 0 unspecified atom stereocenters. The molecular formula is C30H37N5O3. The van der Waals surface area contributed by atoms with Crippen LogP contribution in [0.5, 0.6) is 5.75 Å². The molecule has 3 aliphatic rings. The molecule has 0 radical (unpaired) electrons. The lowest BCUT2D eigenvalue weighted by Crippen LogP contribution is -2.47. The van der Waals surface area contributed by atoms with Crippen molar-refractivity contribution in [2.75, 3.05) is 44.2 Å². The summed E-state index contributed by atoms with van der Waals surface area (Å²) in [7, 11) is 0. The van der Waals surface area contributed by atoms with Gasteiger partial charge in [0.25, 0.3) is 0 Å². The van der Waals surface area contributed by atoms with Crippen LogP contribution in [0.1, 0.15) is 60.3 Å². The first-order valence-electron chi connectivity index (χ1n) is 14.1. The predicted molar refractivity (Wildman–Crippen MR) is 146 cm³/mol. The van der Waals surface area contributed by atoms with Crippen molar-refractivity contribution in [2.24, 2.45) is 11.8 Å². The Morgan fingerprint density at radius 1 is 1.05 bits per heavy atom. The van der Waals surface area contributed by atoms with Gasteiger partial charge in [-0.2, -0.15) is 4.98 Å². The summed E-state index contributed by atoms with van der Waals surface area (Å²) in [5.74, 6) is 4.69. The summed E-state index contributed by atoms with van der Waals surface area (Å²) in [5, 5.41) is 3.98. The highest BCUT2D eigenvalue weighted by Gasteiger charge is 2.27. The van der Waals surface area contributed by atoms with E-state index in [-0.39, 0.29) is 5.78 Å². The van der Waals surface area contributed by atoms with Crippen molar-refractivity contribution >= 4 is 11.6 Å². The molecular weight excluding hydrogens is 478 g/mol. The second-order valence-electron chi connectivity index (χ2n) is 11.1. The van der Waals surface area contributed by atoms with E-state index in [1.807, 2.05) is 36.5 Å². The second-order valence-corrected chi connectivity index (χ2v) is 11.1. The number of hydrogen-bond donors (Lipinski definition) is 0. The summed E-state index contributed by atoms with van der Waals surface area (Å²) < 4.78 is 10.8. The van der Waals surface area contributed by atoms with Crippen molar-refractivity contribution in [3.05, 3.63) is 53.5 Å². The van der Waals surface area contributed by atoms with E-state index in [4.69, 9.17) is 9.26 Å². The number of pyridine rings is 1. The van der Waals surface area contributed by atoms with E-state index in [1.165, 1.54) is 31.4 Å². The van der Waals surface area contributed by atoms with E-state index in [1.54, 1.807) is 6.92 Å². The SMILES string of the molecule is Cc1nc(-c2cccc(C(=O)CC3CCC(CCN4CCN(c5nccc6c5CCO6)CC4)CC3)c2)no1. The number of benzene rings is 1. The summed E-state index contributed by atoms with van der Waals surface area (Å²) in [6.07, 6.45) is 9.52. The van der Waals surface area contributed by atoms with Gasteiger partial charge in [0.15, 0.2) is 5.78 Å². The number of ether oxygens (including phenoxy) is 1. The molecule has 0 N–H and O–H groups in total. The molecule has 0 atom stereocenters. The minimum Gasteiger partial charge on any atom is -0.493 e. The van der Waals surface area contributed by atoms with Crippen LogP contribution in [0, 0.1) is 18.8 Å². The molecule has 200 valence electrons. The number of nitrogens with zero attached hydrogens (tertiary/aromatic N) is 5. The zero-order chi connectivity index (χ0) is 25.9. The average Bonchev–Trinajstić information content (AvgIpc) is 3.62. The zero-order valence-corrected chi connectivity index (χ0v) is 22.3. The summed E-state index contributed by atoms with van der Waals surface area (Å²) in [5.41, 5.74) is 2.86. The van der Waals surface area contributed by atoms with E-state index < -0.39 is 0 Å². The van der Waals surface area contributed by atoms with Gasteiger partial charge in [-0.15, -0.1) is 0 Å². The van der Waals surface area contributed by atoms with Crippen LogP contribution in [0.4, 0.5) is 5.82 Å². The van der Waals surface area contributed by atoms with Gasteiger partial charge < -0.3 is 14.2 Å². The molecule has 2 aliphatic heterocycles. The Morgan fingerprint density at radius 3 is 2.66 bits per heavy atom. The maximum atomic E-state index is 13.0. The molecule has 8 heteroatoms. The minimum atomic E-state index is 0.221. The minimum absolute atomic E-state index is 0.221. The Balaban J connectivity index is 0.927. The molecule has 8 nitrogen and oxygen atoms in total. The van der Waals surface area contributed by atoms with Crippen molar-refractivity contribution in [2.45, 2.75) is 51.9 Å². The van der Waals surface area contributed by atoms with E-state index in [0.29, 0.717) is 24.1 Å². The van der Waals surface area contributed by atoms with Crippen LogP contribution in [-0.4, -0.2) is 65.1 Å². The fourth-order valence-electron chi connectivity index (χ4n) is 6.27. The molecule has 2 fully saturated rings. The number of piperazine rings is 1. The quantitative estimate of drug-likeness (QED) is 0.389. The van der Waals surface area contributed by atoms with Crippen molar-refractivity contribution in [3.8, 4) is 17.1 Å². The molecule has 1 saturated heterocycles. The van der Waals surface area contributed by atoms with E-state index in [9.17, 15) is 4.79 Å². The summed E-state index contributed by atoms with van der Waals surface area (Å²) in [4.78, 5) is 27.0. The molecule has 3 aromatic rings. The third-order valence-electron chi connectivity index (χ3n) is 8.54. The van der Waals surface area contributed by atoms with Crippen LogP contribution in [0.15, 0.2) is 41.1 Å². The van der Waals surface area contributed by atoms with Crippen molar-refractivity contribution in [3.63, 3.8) is 0 Å². The zero-order valence-electron chi connectivity index (χ0n) is 22.3. The van der Waals surface area contributed by atoms with Gasteiger partial charge in [-0.1, -0.05) is 36.2 Å². The molecule has 1 aliphatic carbocycles. The highest BCUT2D eigenvalue weighted by Crippen LogP contribution is 2.35. The number of rotatable bonds is 8. The number of aromatic nitrogens is 3. The van der Waals surface area contributed by atoms with Gasteiger partial charge in [0.1, 0.15) is 11.6 Å². The van der Waals surface area contributed by atoms with Crippen LogP contribution >= 0.6 is 0 Å². The molecule has 2 aromatic heterocycles. The number of carbonyl (C=O) groups is 1. The molecule has 0 bridgehead atoms. The third kappa shape index (κ3) is 5.60. The Kier molecular flexibility index (Phi) is 7.40. The standard InChI is InChI=1S/C30H37N5O3/c1-21-32-29(33-38-21)25-4-2-3-24(20-25)27(36)19-23-7-5-22(6-8-23)10-13-34-14-16-35(17-15-34)30-26-11-18-37-28(26)9-12-31-30/h2-4,9,12,20,22-23H,5-8,10-11,13-19H2,1H3. The van der Waals surface area contributed by atoms with Crippen LogP contribution < -0.4 is 9.64 Å². The molecule has 4 heterocycles. The van der Waals surface area contributed by atoms with Crippen molar-refractivity contribution in [1.29, 1.82) is 0 Å². The fourth-order valence-corrected chi connectivity index (χ4v) is 6.27. The highest BCUT2D eigenvalue weighted by molar-refractivity contribution is 5.97. The van der Waals surface area contributed by atoms with Crippen LogP contribution in [0.25, 0.3) is 11.4 Å². The molecule has 1 aromatic carbocycles. The van der Waals surface area contributed by atoms with Gasteiger partial charge in [-0.3, -0.25) is 9.69 Å². The van der Waals surface area contributed by atoms with Gasteiger partial charge in [0, 0.05) is 68.8 Å². The van der Waals surface area contributed by atoms with Gasteiger partial charge in [-0.05, 0) is 49.8 Å². The van der Waals surface area contributed by atoms with E-state index >= 15 is 0 Å². The van der Waals surface area contributed by atoms with Crippen molar-refractivity contribution in [1.82, 2.24) is 20.0 Å². The normalized spacial score (nSPS) is 21.8. The summed E-state index contributed by atoms with van der Waals surface area (Å²) >= 11 is 0. The average molecular weight is 516 g/mol. The van der Waals surface area contributed by atoms with E-state index in [2.05, 4.69) is 24.9 Å². The van der Waals surface area contributed by atoms with Crippen LogP contribution in [0.3, 0.4) is 0 Å². The summed E-state index contributed by atoms with van der Waals surface area (Å²) in [6.45, 7) is 7.98. The largest absolute Gasteiger partial charge is 0.493 e. The maximum absolute atomic E-state index is 13.0. The number of Topliss-reactive ketones (excluding diaryl/α,β-unsaturated/α-hetero) is 1. The first-order valence-corrected chi connectivity index (χ1v) is 14.1. The lowest BCUT2D eigenvalue weighted by atomic mass is 9.78. The van der Waals surface area contributed by atoms with Crippen LogP contribution in [-0.2, 0) is 6.42 Å². The third-order valence-corrected chi connectivity index (χ3v) is 8.54. The predicted octanol–water partition coefficient (Wildman–Crippen LogP) is 4.97. The number of aryl methyl sites for hydroxylation is 1. The Morgan fingerprint density at radius 2 is 1.87 bits per heavy atom. The number of fused-ring (bicyclic) bond motifs is 1. The van der Waals surface area contributed by atoms with Crippen molar-refractivity contribution < 1.29 is 14.1 Å². The first kappa shape index (κ1) is 25.0. The highest BCUT2D eigenvalue weighted by atomic mass is 16.5.